The molecule has 23 heavy (non-hydrogen) atoms. The fourth-order valence-corrected chi connectivity index (χ4v) is 2.38. The molecule has 0 bridgehead atoms. The number of hydrogen-bond donors (Lipinski definition) is 2. The maximum Gasteiger partial charge on any atom is 0.319 e. The van der Waals surface area contributed by atoms with Crippen molar-refractivity contribution in [3.63, 3.8) is 0 Å². The lowest BCUT2D eigenvalue weighted by molar-refractivity contribution is 0.247. The van der Waals surface area contributed by atoms with Crippen molar-refractivity contribution in [2.75, 3.05) is 18.5 Å². The smallest absolute Gasteiger partial charge is 0.319 e. The summed E-state index contributed by atoms with van der Waals surface area (Å²) in [6.07, 6.45) is 0. The van der Waals surface area contributed by atoms with Gasteiger partial charge in [-0.05, 0) is 56.0 Å². The molecule has 0 aliphatic rings. The van der Waals surface area contributed by atoms with Gasteiger partial charge in [0, 0.05) is 5.69 Å². The number of carbonyl (C=O) groups is 1. The summed E-state index contributed by atoms with van der Waals surface area (Å²) in [6.45, 7) is 8.89. The fraction of sp³-hybridized carbons (Fsp3) is 0.316. The molecule has 2 N–H and O–H groups in total. The van der Waals surface area contributed by atoms with Crippen LogP contribution in [0.4, 0.5) is 10.5 Å². The third-order valence-electron chi connectivity index (χ3n) is 3.68. The number of anilines is 1. The third kappa shape index (κ3) is 4.74. The lowest BCUT2D eigenvalue weighted by Crippen LogP contribution is -2.32. The minimum atomic E-state index is -0.219. The predicted octanol–water partition coefficient (Wildman–Crippen LogP) is 4.12. The van der Waals surface area contributed by atoms with Crippen LogP contribution >= 0.6 is 0 Å². The van der Waals surface area contributed by atoms with E-state index in [-0.39, 0.29) is 6.03 Å². The van der Waals surface area contributed by atoms with Crippen LogP contribution in [0.5, 0.6) is 5.75 Å². The Labute approximate surface area is 137 Å². The molecule has 0 atom stereocenters. The van der Waals surface area contributed by atoms with Gasteiger partial charge in [0.1, 0.15) is 12.4 Å². The van der Waals surface area contributed by atoms with E-state index < -0.39 is 0 Å². The van der Waals surface area contributed by atoms with E-state index in [4.69, 9.17) is 4.74 Å². The van der Waals surface area contributed by atoms with Gasteiger partial charge in [0.25, 0.3) is 0 Å². The Morgan fingerprint density at radius 3 is 2.39 bits per heavy atom. The number of rotatable bonds is 5. The van der Waals surface area contributed by atoms with Gasteiger partial charge in [-0.3, -0.25) is 0 Å². The van der Waals surface area contributed by atoms with E-state index >= 15 is 0 Å². The van der Waals surface area contributed by atoms with Gasteiger partial charge in [-0.15, -0.1) is 0 Å². The Hall–Kier alpha value is -2.49. The van der Waals surface area contributed by atoms with E-state index in [1.165, 1.54) is 0 Å². The van der Waals surface area contributed by atoms with Crippen molar-refractivity contribution in [2.24, 2.45) is 0 Å². The quantitative estimate of drug-likeness (QED) is 0.816. The summed E-state index contributed by atoms with van der Waals surface area (Å²) < 4.78 is 5.77. The minimum absolute atomic E-state index is 0.219. The average Bonchev–Trinajstić information content (AvgIpc) is 2.50. The van der Waals surface area contributed by atoms with Crippen LogP contribution in [0.1, 0.15) is 22.3 Å². The van der Waals surface area contributed by atoms with Gasteiger partial charge >= 0.3 is 6.03 Å². The molecule has 0 spiro atoms. The van der Waals surface area contributed by atoms with Crippen molar-refractivity contribution in [2.45, 2.75) is 27.7 Å². The number of para-hydroxylation sites is 1. The average molecular weight is 312 g/mol. The van der Waals surface area contributed by atoms with Crippen LogP contribution in [-0.4, -0.2) is 19.2 Å². The second-order valence-electron chi connectivity index (χ2n) is 5.77. The third-order valence-corrected chi connectivity index (χ3v) is 3.68. The monoisotopic (exact) mass is 312 g/mol. The zero-order valence-corrected chi connectivity index (χ0v) is 14.2. The largest absolute Gasteiger partial charge is 0.491 e. The number of nitrogens with one attached hydrogen (secondary N) is 2. The van der Waals surface area contributed by atoms with E-state index in [0.717, 1.165) is 33.7 Å². The van der Waals surface area contributed by atoms with Gasteiger partial charge in [-0.25, -0.2) is 4.79 Å². The molecule has 0 heterocycles. The lowest BCUT2D eigenvalue weighted by atomic mass is 10.1. The summed E-state index contributed by atoms with van der Waals surface area (Å²) in [5, 5.41) is 5.68. The number of urea groups is 1. The summed E-state index contributed by atoms with van der Waals surface area (Å²) in [5.41, 5.74) is 5.19. The molecule has 0 fully saturated rings. The molecule has 0 saturated carbocycles. The Balaban J connectivity index is 1.80. The topological polar surface area (TPSA) is 50.4 Å². The maximum atomic E-state index is 11.9. The normalized spacial score (nSPS) is 10.3. The SMILES string of the molecule is Cc1ccc(C)c(NC(=O)NCCOc2c(C)cccc2C)c1. The summed E-state index contributed by atoms with van der Waals surface area (Å²) >= 11 is 0. The molecule has 4 nitrogen and oxygen atoms in total. The molecule has 0 aromatic heterocycles. The van der Waals surface area contributed by atoms with Crippen LogP contribution in [0.25, 0.3) is 0 Å². The molecule has 2 aromatic rings. The highest BCUT2D eigenvalue weighted by Crippen LogP contribution is 2.22. The van der Waals surface area contributed by atoms with Crippen LogP contribution in [0.3, 0.4) is 0 Å². The zero-order valence-electron chi connectivity index (χ0n) is 14.2. The number of ether oxygens (including phenoxy) is 1. The molecule has 0 radical (unpaired) electrons. The van der Waals surface area contributed by atoms with Crippen molar-refractivity contribution in [3.8, 4) is 5.75 Å². The Morgan fingerprint density at radius 1 is 1.00 bits per heavy atom. The molecule has 2 aromatic carbocycles. The van der Waals surface area contributed by atoms with Crippen molar-refractivity contribution < 1.29 is 9.53 Å². The second kappa shape index (κ2) is 7.68. The molecule has 122 valence electrons. The Bertz CT molecular complexity index is 676. The standard InChI is InChI=1S/C19H24N2O2/c1-13-8-9-14(2)17(12-13)21-19(22)20-10-11-23-18-15(3)6-5-7-16(18)4/h5-9,12H,10-11H2,1-4H3,(H2,20,21,22). The zero-order chi connectivity index (χ0) is 16.8. The summed E-state index contributed by atoms with van der Waals surface area (Å²) in [5.74, 6) is 0.893. The van der Waals surface area contributed by atoms with Crippen molar-refractivity contribution >= 4 is 11.7 Å². The fourth-order valence-electron chi connectivity index (χ4n) is 2.38. The van der Waals surface area contributed by atoms with E-state index in [0.29, 0.717) is 13.2 Å². The number of aryl methyl sites for hydroxylation is 4. The van der Waals surface area contributed by atoms with E-state index in [1.807, 2.05) is 64.1 Å². The van der Waals surface area contributed by atoms with E-state index in [9.17, 15) is 4.79 Å². The van der Waals surface area contributed by atoms with Crippen LogP contribution in [0, 0.1) is 27.7 Å². The number of carbonyl (C=O) groups excluding carboxylic acids is 1. The van der Waals surface area contributed by atoms with Crippen LogP contribution < -0.4 is 15.4 Å². The highest BCUT2D eigenvalue weighted by Gasteiger charge is 2.06. The van der Waals surface area contributed by atoms with Gasteiger partial charge in [0.05, 0.1) is 6.54 Å². The van der Waals surface area contributed by atoms with Crippen molar-refractivity contribution in [1.29, 1.82) is 0 Å². The molecule has 0 aliphatic carbocycles. The maximum absolute atomic E-state index is 11.9. The number of benzene rings is 2. The molecule has 0 saturated heterocycles. The van der Waals surface area contributed by atoms with Crippen LogP contribution in [0.2, 0.25) is 0 Å². The predicted molar refractivity (Wildman–Crippen MR) is 94.3 cm³/mol. The highest BCUT2D eigenvalue weighted by molar-refractivity contribution is 5.90. The van der Waals surface area contributed by atoms with E-state index in [2.05, 4.69) is 10.6 Å². The Morgan fingerprint density at radius 2 is 1.70 bits per heavy atom. The molecular formula is C19H24N2O2. The lowest BCUT2D eigenvalue weighted by Gasteiger charge is -2.13. The first kappa shape index (κ1) is 16.9. The van der Waals surface area contributed by atoms with Crippen molar-refractivity contribution in [3.05, 3.63) is 58.7 Å². The van der Waals surface area contributed by atoms with Crippen molar-refractivity contribution in [1.82, 2.24) is 5.32 Å². The second-order valence-corrected chi connectivity index (χ2v) is 5.77. The van der Waals surface area contributed by atoms with Crippen LogP contribution in [0.15, 0.2) is 36.4 Å². The van der Waals surface area contributed by atoms with E-state index in [1.54, 1.807) is 0 Å². The summed E-state index contributed by atoms with van der Waals surface area (Å²) in [7, 11) is 0. The van der Waals surface area contributed by atoms with Gasteiger partial charge in [0.2, 0.25) is 0 Å². The summed E-state index contributed by atoms with van der Waals surface area (Å²) in [4.78, 5) is 11.9. The van der Waals surface area contributed by atoms with Gasteiger partial charge in [-0.1, -0.05) is 30.3 Å². The van der Waals surface area contributed by atoms with Gasteiger partial charge < -0.3 is 15.4 Å². The summed E-state index contributed by atoms with van der Waals surface area (Å²) in [6, 6.07) is 11.8. The molecular weight excluding hydrogens is 288 g/mol. The number of amides is 2. The molecule has 4 heteroatoms. The first-order chi connectivity index (χ1) is 11.0. The van der Waals surface area contributed by atoms with Gasteiger partial charge in [0.15, 0.2) is 0 Å². The first-order valence-electron chi connectivity index (χ1n) is 7.78. The first-order valence-corrected chi connectivity index (χ1v) is 7.78. The molecule has 2 rings (SSSR count). The highest BCUT2D eigenvalue weighted by atomic mass is 16.5. The minimum Gasteiger partial charge on any atom is -0.491 e. The number of hydrogen-bond acceptors (Lipinski definition) is 2. The van der Waals surface area contributed by atoms with Gasteiger partial charge in [-0.2, -0.15) is 0 Å². The van der Waals surface area contributed by atoms with Crippen LogP contribution in [-0.2, 0) is 0 Å². The Kier molecular flexibility index (Phi) is 5.63. The molecule has 0 unspecified atom stereocenters. The molecule has 0 aliphatic heterocycles. The molecule has 2 amide bonds.